The van der Waals surface area contributed by atoms with Crippen molar-refractivity contribution < 1.29 is 22.7 Å². The first-order valence-electron chi connectivity index (χ1n) is 13.1. The van der Waals surface area contributed by atoms with Gasteiger partial charge in [0, 0.05) is 54.5 Å². The highest BCUT2D eigenvalue weighted by atomic mass is 35.5. The van der Waals surface area contributed by atoms with Gasteiger partial charge in [0.2, 0.25) is 10.0 Å². The number of rotatable bonds is 8. The number of hydrogen-bond acceptors (Lipinski definition) is 7. The van der Waals surface area contributed by atoms with Crippen LogP contribution in [-0.4, -0.2) is 63.6 Å². The van der Waals surface area contributed by atoms with E-state index in [0.29, 0.717) is 36.5 Å². The number of pyridine rings is 1. The summed E-state index contributed by atoms with van der Waals surface area (Å²) in [6.07, 6.45) is 0.399. The van der Waals surface area contributed by atoms with E-state index < -0.39 is 21.6 Å². The summed E-state index contributed by atoms with van der Waals surface area (Å²) in [4.78, 5) is 18.1. The molecule has 3 heterocycles. The molecule has 1 unspecified atom stereocenters. The number of fused-ring (bicyclic) bond motifs is 1. The van der Waals surface area contributed by atoms with Gasteiger partial charge in [-0.05, 0) is 56.5 Å². The van der Waals surface area contributed by atoms with Gasteiger partial charge in [-0.2, -0.15) is 4.72 Å². The first-order valence-corrected chi connectivity index (χ1v) is 15.4. The van der Waals surface area contributed by atoms with Gasteiger partial charge in [-0.15, -0.1) is 0 Å². The maximum absolute atomic E-state index is 13.8. The minimum atomic E-state index is -4.25. The molecule has 2 fully saturated rings. The summed E-state index contributed by atoms with van der Waals surface area (Å²) in [5.74, 6) is 0.258. The van der Waals surface area contributed by atoms with Crippen molar-refractivity contribution in [2.45, 2.75) is 49.8 Å². The van der Waals surface area contributed by atoms with E-state index in [-0.39, 0.29) is 53.4 Å². The van der Waals surface area contributed by atoms with Gasteiger partial charge in [-0.1, -0.05) is 35.3 Å². The van der Waals surface area contributed by atoms with Crippen LogP contribution in [-0.2, 0) is 26.2 Å². The predicted molar refractivity (Wildman–Crippen MR) is 154 cm³/mol. The molecule has 12 heteroatoms. The van der Waals surface area contributed by atoms with Crippen molar-refractivity contribution in [3.05, 3.63) is 63.3 Å². The number of ketones is 1. The number of Topliss-reactive ketones (excluding diaryl/α,β-unsaturated/α-hetero) is 1. The molecule has 5 rings (SSSR count). The Morgan fingerprint density at radius 2 is 1.98 bits per heavy atom. The minimum absolute atomic E-state index is 0.0702. The first-order chi connectivity index (χ1) is 19.1. The van der Waals surface area contributed by atoms with Crippen LogP contribution in [0.5, 0.6) is 5.75 Å². The third-order valence-electron chi connectivity index (χ3n) is 7.38. The molecule has 0 saturated carbocycles. The molecule has 3 aromatic rings. The van der Waals surface area contributed by atoms with Crippen molar-refractivity contribution in [2.75, 3.05) is 32.8 Å². The molecule has 2 saturated heterocycles. The average Bonchev–Trinajstić information content (AvgIpc) is 2.93. The number of carbonyl (C=O) groups excluding carboxylic acids is 1. The maximum Gasteiger partial charge on any atom is 0.242 e. The Hall–Kier alpha value is -2.31. The van der Waals surface area contributed by atoms with Crippen LogP contribution in [0.1, 0.15) is 29.7 Å². The SMILES string of the molecule is Cc1cc(C)c2cccc(OCc3c(Cl)ccc(S(=O)(=O)NC4(C(=O)C5CNCC[N]5)CCOCC4)c3Cl)c2n1. The van der Waals surface area contributed by atoms with Crippen LogP contribution in [0.4, 0.5) is 0 Å². The summed E-state index contributed by atoms with van der Waals surface area (Å²) in [6, 6.07) is 9.80. The number of halogens is 2. The van der Waals surface area contributed by atoms with E-state index in [1.165, 1.54) is 12.1 Å². The Bertz CT molecular complexity index is 1540. The molecular formula is C28H31Cl2N4O5S. The van der Waals surface area contributed by atoms with Crippen LogP contribution in [0, 0.1) is 13.8 Å². The molecule has 1 radical (unpaired) electrons. The second-order valence-corrected chi connectivity index (χ2v) is 12.6. The van der Waals surface area contributed by atoms with E-state index in [1.807, 2.05) is 32.0 Å². The molecular weight excluding hydrogens is 575 g/mol. The summed E-state index contributed by atoms with van der Waals surface area (Å²) in [6.45, 7) is 5.88. The zero-order valence-corrected chi connectivity index (χ0v) is 24.6. The van der Waals surface area contributed by atoms with Crippen LogP contribution < -0.4 is 20.1 Å². The zero-order valence-electron chi connectivity index (χ0n) is 22.3. The summed E-state index contributed by atoms with van der Waals surface area (Å²) < 4.78 is 41.8. The highest BCUT2D eigenvalue weighted by Gasteiger charge is 2.47. The van der Waals surface area contributed by atoms with Gasteiger partial charge in [0.1, 0.15) is 22.8 Å². The fraction of sp³-hybridized carbons (Fsp3) is 0.429. The van der Waals surface area contributed by atoms with E-state index >= 15 is 0 Å². The third-order valence-corrected chi connectivity index (χ3v) is 9.85. The zero-order chi connectivity index (χ0) is 28.5. The quantitative estimate of drug-likeness (QED) is 0.401. The van der Waals surface area contributed by atoms with Crippen LogP contribution in [0.15, 0.2) is 41.3 Å². The van der Waals surface area contributed by atoms with Gasteiger partial charge < -0.3 is 14.8 Å². The number of hydrogen-bond donors (Lipinski definition) is 2. The van der Waals surface area contributed by atoms with Gasteiger partial charge in [0.25, 0.3) is 0 Å². The Kier molecular flexibility index (Phi) is 8.68. The van der Waals surface area contributed by atoms with Crippen molar-refractivity contribution in [1.82, 2.24) is 20.3 Å². The van der Waals surface area contributed by atoms with E-state index in [2.05, 4.69) is 20.3 Å². The van der Waals surface area contributed by atoms with Crippen LogP contribution in [0.25, 0.3) is 10.9 Å². The second-order valence-electron chi connectivity index (χ2n) is 10.1. The fourth-order valence-corrected chi connectivity index (χ4v) is 7.59. The normalized spacial score (nSPS) is 19.4. The number of aryl methyl sites for hydroxylation is 2. The highest BCUT2D eigenvalue weighted by molar-refractivity contribution is 7.89. The lowest BCUT2D eigenvalue weighted by Gasteiger charge is -2.39. The molecule has 1 atom stereocenters. The number of nitrogens with zero attached hydrogens (tertiary/aromatic N) is 2. The standard InChI is InChI=1S/C28H31Cl2N4O5S/c1-17-14-18(2)33-26-19(17)4-3-5-23(26)39-16-20-21(29)6-7-24(25(20)30)40(36,37)34-28(8-12-38-13-9-28)27(35)22-15-31-10-11-32-22/h3-7,14,22,31,34H,8-13,15-16H2,1-2H3. The lowest BCUT2D eigenvalue weighted by molar-refractivity contribution is -0.130. The van der Waals surface area contributed by atoms with Gasteiger partial charge in [-0.3, -0.25) is 4.79 Å². The molecule has 40 heavy (non-hydrogen) atoms. The molecule has 2 aliphatic heterocycles. The second kappa shape index (κ2) is 11.9. The lowest BCUT2D eigenvalue weighted by Crippen LogP contribution is -2.64. The topological polar surface area (TPSA) is 121 Å². The molecule has 0 amide bonds. The largest absolute Gasteiger partial charge is 0.487 e. The van der Waals surface area contributed by atoms with E-state index in [0.717, 1.165) is 16.6 Å². The van der Waals surface area contributed by atoms with Gasteiger partial charge in [0.15, 0.2) is 5.78 Å². The number of ether oxygens (including phenoxy) is 2. The predicted octanol–water partition coefficient (Wildman–Crippen LogP) is 3.71. The smallest absolute Gasteiger partial charge is 0.242 e. The molecule has 2 aromatic carbocycles. The number of benzene rings is 2. The number of piperazine rings is 1. The number of para-hydroxylation sites is 1. The Labute approximate surface area is 244 Å². The molecule has 2 N–H and O–H groups in total. The van der Waals surface area contributed by atoms with Crippen LogP contribution >= 0.6 is 23.2 Å². The van der Waals surface area contributed by atoms with Gasteiger partial charge >= 0.3 is 0 Å². The fourth-order valence-electron chi connectivity index (χ4n) is 5.27. The third kappa shape index (κ3) is 5.85. The molecule has 2 aliphatic rings. The minimum Gasteiger partial charge on any atom is -0.487 e. The number of nitrogens with one attached hydrogen (secondary N) is 2. The van der Waals surface area contributed by atoms with Crippen molar-refractivity contribution >= 4 is 49.9 Å². The molecule has 0 bridgehead atoms. The van der Waals surface area contributed by atoms with Gasteiger partial charge in [0.05, 0.1) is 16.6 Å². The van der Waals surface area contributed by atoms with Crippen molar-refractivity contribution in [3.63, 3.8) is 0 Å². The summed E-state index contributed by atoms with van der Waals surface area (Å²) in [5.41, 5.74) is 1.57. The van der Waals surface area contributed by atoms with Crippen molar-refractivity contribution in [3.8, 4) is 5.75 Å². The molecule has 1 aromatic heterocycles. The summed E-state index contributed by atoms with van der Waals surface area (Å²) in [7, 11) is -4.25. The molecule has 0 spiro atoms. The number of carbonyl (C=O) groups is 1. The van der Waals surface area contributed by atoms with E-state index in [9.17, 15) is 13.2 Å². The average molecular weight is 607 g/mol. The van der Waals surface area contributed by atoms with Crippen molar-refractivity contribution in [1.29, 1.82) is 0 Å². The summed E-state index contributed by atoms with van der Waals surface area (Å²) in [5, 5.41) is 8.72. The van der Waals surface area contributed by atoms with Crippen LogP contribution in [0.2, 0.25) is 10.0 Å². The van der Waals surface area contributed by atoms with Crippen molar-refractivity contribution in [2.24, 2.45) is 0 Å². The lowest BCUT2D eigenvalue weighted by atomic mass is 9.83. The van der Waals surface area contributed by atoms with E-state index in [4.69, 9.17) is 32.7 Å². The Morgan fingerprint density at radius 3 is 2.70 bits per heavy atom. The highest BCUT2D eigenvalue weighted by Crippen LogP contribution is 2.35. The first kappa shape index (κ1) is 29.2. The number of sulfonamides is 1. The number of aromatic nitrogens is 1. The molecule has 9 nitrogen and oxygen atoms in total. The Balaban J connectivity index is 1.44. The maximum atomic E-state index is 13.8. The molecule has 0 aliphatic carbocycles. The monoisotopic (exact) mass is 605 g/mol. The molecule has 213 valence electrons. The van der Waals surface area contributed by atoms with Gasteiger partial charge in [-0.25, -0.2) is 18.7 Å². The summed E-state index contributed by atoms with van der Waals surface area (Å²) >= 11 is 13.2. The van der Waals surface area contributed by atoms with Crippen LogP contribution in [0.3, 0.4) is 0 Å². The Morgan fingerprint density at radius 1 is 1.20 bits per heavy atom. The van der Waals surface area contributed by atoms with E-state index in [1.54, 1.807) is 6.07 Å².